The normalized spacial score (nSPS) is 23.0. The zero-order valence-electron chi connectivity index (χ0n) is 10.2. The summed E-state index contributed by atoms with van der Waals surface area (Å²) in [5.74, 6) is 0.978. The number of anilines is 1. The predicted molar refractivity (Wildman–Crippen MR) is 66.6 cm³/mol. The molecule has 1 aliphatic heterocycles. The lowest BCUT2D eigenvalue weighted by molar-refractivity contribution is 0.371. The third-order valence-electron chi connectivity index (χ3n) is 3.16. The fourth-order valence-electron chi connectivity index (χ4n) is 2.36. The largest absolute Gasteiger partial charge is 0.366 e. The van der Waals surface area contributed by atoms with Gasteiger partial charge in [-0.2, -0.15) is 5.10 Å². The molecule has 1 saturated heterocycles. The molecule has 16 heavy (non-hydrogen) atoms. The molecule has 4 nitrogen and oxygen atoms in total. The molecule has 1 fully saturated rings. The molecular weight excluding hydrogens is 200 g/mol. The molecule has 0 spiro atoms. The molecule has 1 aromatic rings. The zero-order chi connectivity index (χ0) is 11.4. The first kappa shape index (κ1) is 11.5. The molecule has 4 heteroatoms. The van der Waals surface area contributed by atoms with E-state index in [1.165, 1.54) is 32.2 Å². The highest BCUT2D eigenvalue weighted by atomic mass is 15.3. The van der Waals surface area contributed by atoms with Crippen LogP contribution in [0.2, 0.25) is 0 Å². The van der Waals surface area contributed by atoms with Crippen molar-refractivity contribution < 1.29 is 0 Å². The second kappa shape index (κ2) is 5.34. The van der Waals surface area contributed by atoms with E-state index in [1.54, 1.807) is 0 Å². The van der Waals surface area contributed by atoms with Crippen LogP contribution in [0, 0.1) is 0 Å². The molecule has 0 aromatic carbocycles. The Morgan fingerprint density at radius 2 is 2.50 bits per heavy atom. The third kappa shape index (κ3) is 3.23. The Labute approximate surface area is 97.4 Å². The SMILES string of the molecule is CC(CC1CCCCN1)Nc1ccn(C)n1. The Hall–Kier alpha value is -1.03. The predicted octanol–water partition coefficient (Wildman–Crippen LogP) is 1.75. The van der Waals surface area contributed by atoms with Gasteiger partial charge in [0.15, 0.2) is 0 Å². The van der Waals surface area contributed by atoms with Crippen molar-refractivity contribution >= 4 is 5.82 Å². The van der Waals surface area contributed by atoms with Crippen molar-refractivity contribution in [1.82, 2.24) is 15.1 Å². The third-order valence-corrected chi connectivity index (χ3v) is 3.16. The van der Waals surface area contributed by atoms with Gasteiger partial charge in [0.1, 0.15) is 5.82 Å². The van der Waals surface area contributed by atoms with Crippen molar-refractivity contribution in [3.8, 4) is 0 Å². The Kier molecular flexibility index (Phi) is 3.83. The lowest BCUT2D eigenvalue weighted by atomic mass is 9.99. The van der Waals surface area contributed by atoms with Gasteiger partial charge in [0.2, 0.25) is 0 Å². The van der Waals surface area contributed by atoms with Crippen LogP contribution in [-0.2, 0) is 7.05 Å². The van der Waals surface area contributed by atoms with E-state index >= 15 is 0 Å². The van der Waals surface area contributed by atoms with Crippen LogP contribution in [0.25, 0.3) is 0 Å². The first-order valence-electron chi connectivity index (χ1n) is 6.23. The number of rotatable bonds is 4. The Balaban J connectivity index is 1.77. The molecule has 1 aliphatic rings. The van der Waals surface area contributed by atoms with Crippen molar-refractivity contribution in [3.63, 3.8) is 0 Å². The smallest absolute Gasteiger partial charge is 0.148 e. The molecule has 2 N–H and O–H groups in total. The maximum Gasteiger partial charge on any atom is 0.148 e. The summed E-state index contributed by atoms with van der Waals surface area (Å²) in [6.45, 7) is 3.41. The molecule has 2 rings (SSSR count). The van der Waals surface area contributed by atoms with Crippen LogP contribution in [-0.4, -0.2) is 28.4 Å². The van der Waals surface area contributed by atoms with Gasteiger partial charge in [-0.3, -0.25) is 4.68 Å². The van der Waals surface area contributed by atoms with Gasteiger partial charge in [-0.1, -0.05) is 6.42 Å². The van der Waals surface area contributed by atoms with Crippen LogP contribution >= 0.6 is 0 Å². The highest BCUT2D eigenvalue weighted by Gasteiger charge is 2.15. The average Bonchev–Trinajstić information content (AvgIpc) is 2.65. The van der Waals surface area contributed by atoms with Gasteiger partial charge in [0.05, 0.1) is 0 Å². The molecule has 0 amide bonds. The second-order valence-corrected chi connectivity index (χ2v) is 4.80. The Morgan fingerprint density at radius 1 is 1.62 bits per heavy atom. The Bertz CT molecular complexity index is 315. The van der Waals surface area contributed by atoms with Crippen molar-refractivity contribution in [2.45, 2.75) is 44.7 Å². The van der Waals surface area contributed by atoms with Gasteiger partial charge in [0, 0.05) is 31.4 Å². The standard InChI is InChI=1S/C12H22N4/c1-10(9-11-5-3-4-7-13-11)14-12-6-8-16(2)15-12/h6,8,10-11,13H,3-5,7,9H2,1-2H3,(H,14,15). The summed E-state index contributed by atoms with van der Waals surface area (Å²) < 4.78 is 1.83. The number of aryl methyl sites for hydroxylation is 1. The van der Waals surface area contributed by atoms with E-state index in [9.17, 15) is 0 Å². The molecule has 2 atom stereocenters. The van der Waals surface area contributed by atoms with Crippen molar-refractivity contribution in [2.24, 2.45) is 7.05 Å². The first-order chi connectivity index (χ1) is 7.74. The minimum atomic E-state index is 0.477. The van der Waals surface area contributed by atoms with Gasteiger partial charge in [-0.25, -0.2) is 0 Å². The zero-order valence-corrected chi connectivity index (χ0v) is 10.2. The molecule has 90 valence electrons. The van der Waals surface area contributed by atoms with Gasteiger partial charge < -0.3 is 10.6 Å². The van der Waals surface area contributed by atoms with Crippen molar-refractivity contribution in [3.05, 3.63) is 12.3 Å². The minimum Gasteiger partial charge on any atom is -0.366 e. The number of piperidine rings is 1. The van der Waals surface area contributed by atoms with Crippen LogP contribution < -0.4 is 10.6 Å². The van der Waals surface area contributed by atoms with E-state index < -0.39 is 0 Å². The lowest BCUT2D eigenvalue weighted by Crippen LogP contribution is -2.37. The average molecular weight is 222 g/mol. The quantitative estimate of drug-likeness (QED) is 0.815. The van der Waals surface area contributed by atoms with Crippen LogP contribution in [0.1, 0.15) is 32.6 Å². The highest BCUT2D eigenvalue weighted by molar-refractivity contribution is 5.33. The molecule has 0 bridgehead atoms. The molecule has 2 heterocycles. The Morgan fingerprint density at radius 3 is 3.12 bits per heavy atom. The topological polar surface area (TPSA) is 41.9 Å². The number of aromatic nitrogens is 2. The van der Waals surface area contributed by atoms with E-state index in [-0.39, 0.29) is 0 Å². The summed E-state index contributed by atoms with van der Waals surface area (Å²) in [6.07, 6.45) is 7.16. The van der Waals surface area contributed by atoms with Crippen LogP contribution in [0.4, 0.5) is 5.82 Å². The summed E-state index contributed by atoms with van der Waals surface area (Å²) in [5.41, 5.74) is 0. The van der Waals surface area contributed by atoms with E-state index in [0.717, 1.165) is 5.82 Å². The van der Waals surface area contributed by atoms with Gasteiger partial charge in [-0.05, 0) is 32.7 Å². The number of hydrogen-bond acceptors (Lipinski definition) is 3. The van der Waals surface area contributed by atoms with Crippen LogP contribution in [0.15, 0.2) is 12.3 Å². The van der Waals surface area contributed by atoms with Crippen LogP contribution in [0.5, 0.6) is 0 Å². The summed E-state index contributed by atoms with van der Waals surface area (Å²) in [7, 11) is 1.94. The summed E-state index contributed by atoms with van der Waals surface area (Å²) in [6, 6.07) is 3.18. The highest BCUT2D eigenvalue weighted by Crippen LogP contribution is 2.14. The summed E-state index contributed by atoms with van der Waals surface area (Å²) >= 11 is 0. The molecule has 0 saturated carbocycles. The van der Waals surface area contributed by atoms with E-state index in [0.29, 0.717) is 12.1 Å². The first-order valence-corrected chi connectivity index (χ1v) is 6.23. The summed E-state index contributed by atoms with van der Waals surface area (Å²) in [4.78, 5) is 0. The number of nitrogens with zero attached hydrogens (tertiary/aromatic N) is 2. The fourth-order valence-corrected chi connectivity index (χ4v) is 2.36. The van der Waals surface area contributed by atoms with Gasteiger partial charge in [-0.15, -0.1) is 0 Å². The minimum absolute atomic E-state index is 0.477. The van der Waals surface area contributed by atoms with E-state index in [4.69, 9.17) is 0 Å². The van der Waals surface area contributed by atoms with Crippen LogP contribution in [0.3, 0.4) is 0 Å². The molecule has 1 aromatic heterocycles. The summed E-state index contributed by atoms with van der Waals surface area (Å²) in [5, 5.41) is 11.3. The van der Waals surface area contributed by atoms with Crippen molar-refractivity contribution in [1.29, 1.82) is 0 Å². The van der Waals surface area contributed by atoms with Gasteiger partial charge >= 0.3 is 0 Å². The maximum atomic E-state index is 4.33. The molecule has 0 radical (unpaired) electrons. The molecule has 2 unspecified atom stereocenters. The van der Waals surface area contributed by atoms with E-state index in [1.807, 2.05) is 24.0 Å². The lowest BCUT2D eigenvalue weighted by Gasteiger charge is -2.26. The number of nitrogens with one attached hydrogen (secondary N) is 2. The maximum absolute atomic E-state index is 4.33. The molecular formula is C12H22N4. The van der Waals surface area contributed by atoms with E-state index in [2.05, 4.69) is 22.7 Å². The number of hydrogen-bond donors (Lipinski definition) is 2. The molecule has 0 aliphatic carbocycles. The van der Waals surface area contributed by atoms with Gasteiger partial charge in [0.25, 0.3) is 0 Å². The second-order valence-electron chi connectivity index (χ2n) is 4.80. The monoisotopic (exact) mass is 222 g/mol. The fraction of sp³-hybridized carbons (Fsp3) is 0.750. The van der Waals surface area contributed by atoms with Crippen molar-refractivity contribution in [2.75, 3.05) is 11.9 Å².